The largest absolute Gasteiger partial charge is 0.351 e. The van der Waals surface area contributed by atoms with Gasteiger partial charge >= 0.3 is 0 Å². The molecule has 162 valence electrons. The molecule has 2 aromatic carbocycles. The van der Waals surface area contributed by atoms with E-state index in [1.165, 1.54) is 29.2 Å². The van der Waals surface area contributed by atoms with E-state index in [4.69, 9.17) is 16.6 Å². The number of nitrogens with one attached hydrogen (secondary N) is 1. The van der Waals surface area contributed by atoms with Crippen molar-refractivity contribution in [3.8, 4) is 0 Å². The van der Waals surface area contributed by atoms with Crippen LogP contribution in [0.1, 0.15) is 16.7 Å². The van der Waals surface area contributed by atoms with E-state index in [0.717, 1.165) is 39.9 Å². The maximum Gasteiger partial charge on any atom is 0.230 e. The maximum atomic E-state index is 12.3. The molecule has 0 radical (unpaired) electrons. The summed E-state index contributed by atoms with van der Waals surface area (Å²) in [7, 11) is 0. The second-order valence-corrected chi connectivity index (χ2v) is 9.84. The zero-order valence-electron chi connectivity index (χ0n) is 17.1. The lowest BCUT2D eigenvalue weighted by Crippen LogP contribution is -2.30. The summed E-state index contributed by atoms with van der Waals surface area (Å²) in [6.45, 7) is 2.25. The third-order valence-corrected chi connectivity index (χ3v) is 7.77. The molecule has 9 heteroatoms. The number of benzene rings is 2. The van der Waals surface area contributed by atoms with Crippen LogP contribution in [0.15, 0.2) is 59.9 Å². The van der Waals surface area contributed by atoms with Gasteiger partial charge in [-0.15, -0.1) is 0 Å². The Morgan fingerprint density at radius 1 is 1.12 bits per heavy atom. The van der Waals surface area contributed by atoms with E-state index in [2.05, 4.69) is 44.5 Å². The van der Waals surface area contributed by atoms with E-state index in [9.17, 15) is 4.79 Å². The fourth-order valence-electron chi connectivity index (χ4n) is 3.61. The standard InChI is InChI=1S/C23H20ClN5OS2/c24-18-7-5-15(6-8-18)11-25-19(30)13-31-22-20-21(26-14-27-22)28-23(32-20)29-10-9-16-3-1-2-4-17(16)12-29/h1-8,14H,9-13H2,(H,25,30). The molecule has 1 amide bonds. The van der Waals surface area contributed by atoms with Crippen LogP contribution in [0.4, 0.5) is 5.13 Å². The molecule has 0 fully saturated rings. The van der Waals surface area contributed by atoms with Gasteiger partial charge in [0.2, 0.25) is 5.91 Å². The molecular formula is C23H20ClN5OS2. The van der Waals surface area contributed by atoms with Crippen LogP contribution >= 0.6 is 34.7 Å². The van der Waals surface area contributed by atoms with Crippen LogP contribution < -0.4 is 10.2 Å². The lowest BCUT2D eigenvalue weighted by atomic mass is 10.0. The summed E-state index contributed by atoms with van der Waals surface area (Å²) in [5, 5.41) is 5.36. The van der Waals surface area contributed by atoms with Crippen molar-refractivity contribution in [2.45, 2.75) is 24.5 Å². The number of amides is 1. The average Bonchev–Trinajstić information content (AvgIpc) is 3.27. The number of nitrogens with zero attached hydrogens (tertiary/aromatic N) is 4. The monoisotopic (exact) mass is 481 g/mol. The molecular weight excluding hydrogens is 462 g/mol. The van der Waals surface area contributed by atoms with E-state index in [1.54, 1.807) is 11.3 Å². The average molecular weight is 482 g/mol. The zero-order valence-corrected chi connectivity index (χ0v) is 19.5. The van der Waals surface area contributed by atoms with E-state index >= 15 is 0 Å². The summed E-state index contributed by atoms with van der Waals surface area (Å²) in [4.78, 5) is 28.1. The Kier molecular flexibility index (Phi) is 6.25. The van der Waals surface area contributed by atoms with Gasteiger partial charge in [-0.2, -0.15) is 4.98 Å². The minimum atomic E-state index is -0.0471. The molecule has 0 aliphatic carbocycles. The summed E-state index contributed by atoms with van der Waals surface area (Å²) in [6.07, 6.45) is 2.53. The van der Waals surface area contributed by atoms with Crippen molar-refractivity contribution >= 4 is 56.1 Å². The number of carbonyl (C=O) groups excluding carboxylic acids is 1. The minimum Gasteiger partial charge on any atom is -0.351 e. The van der Waals surface area contributed by atoms with Crippen molar-refractivity contribution in [1.29, 1.82) is 0 Å². The molecule has 0 spiro atoms. The molecule has 32 heavy (non-hydrogen) atoms. The normalized spacial score (nSPS) is 13.2. The van der Waals surface area contributed by atoms with Gasteiger partial charge in [0.05, 0.1) is 5.75 Å². The number of carbonyl (C=O) groups is 1. The molecule has 4 aromatic rings. The summed E-state index contributed by atoms with van der Waals surface area (Å²) in [6, 6.07) is 16.0. The van der Waals surface area contributed by atoms with Crippen LogP contribution in [-0.2, 0) is 24.3 Å². The molecule has 1 aliphatic rings. The number of anilines is 1. The lowest BCUT2D eigenvalue weighted by Gasteiger charge is -2.28. The molecule has 0 saturated carbocycles. The number of rotatable bonds is 6. The Balaban J connectivity index is 1.24. The van der Waals surface area contributed by atoms with Crippen molar-refractivity contribution in [3.05, 3.63) is 76.6 Å². The maximum absolute atomic E-state index is 12.3. The first-order valence-electron chi connectivity index (χ1n) is 10.2. The first kappa shape index (κ1) is 21.2. The first-order chi connectivity index (χ1) is 15.7. The lowest BCUT2D eigenvalue weighted by molar-refractivity contribution is -0.118. The molecule has 2 aromatic heterocycles. The van der Waals surface area contributed by atoms with Gasteiger partial charge in [-0.25, -0.2) is 9.97 Å². The van der Waals surface area contributed by atoms with E-state index in [0.29, 0.717) is 17.2 Å². The van der Waals surface area contributed by atoms with Gasteiger partial charge < -0.3 is 10.2 Å². The number of hydrogen-bond acceptors (Lipinski definition) is 7. The van der Waals surface area contributed by atoms with Crippen LogP contribution in [0.3, 0.4) is 0 Å². The fraction of sp³-hybridized carbons (Fsp3) is 0.217. The molecule has 1 N–H and O–H groups in total. The predicted molar refractivity (Wildman–Crippen MR) is 130 cm³/mol. The van der Waals surface area contributed by atoms with E-state index in [1.807, 2.05) is 24.3 Å². The Labute approximate surface area is 199 Å². The van der Waals surface area contributed by atoms with Gasteiger partial charge in [-0.3, -0.25) is 4.79 Å². The van der Waals surface area contributed by atoms with Crippen molar-refractivity contribution < 1.29 is 4.79 Å². The minimum absolute atomic E-state index is 0.0471. The highest BCUT2D eigenvalue weighted by Gasteiger charge is 2.21. The molecule has 0 unspecified atom stereocenters. The summed E-state index contributed by atoms with van der Waals surface area (Å²) < 4.78 is 0.928. The Morgan fingerprint density at radius 2 is 1.94 bits per heavy atom. The summed E-state index contributed by atoms with van der Waals surface area (Å²) >= 11 is 8.91. The Hall–Kier alpha value is -2.68. The molecule has 1 aliphatic heterocycles. The number of fused-ring (bicyclic) bond motifs is 2. The van der Waals surface area contributed by atoms with Crippen molar-refractivity contribution in [1.82, 2.24) is 20.3 Å². The smallest absolute Gasteiger partial charge is 0.230 e. The van der Waals surface area contributed by atoms with Gasteiger partial charge in [-0.05, 0) is 35.2 Å². The van der Waals surface area contributed by atoms with Crippen LogP contribution in [0.2, 0.25) is 5.02 Å². The van der Waals surface area contributed by atoms with Gasteiger partial charge in [0.15, 0.2) is 10.8 Å². The number of aromatic nitrogens is 3. The fourth-order valence-corrected chi connectivity index (χ4v) is 5.68. The van der Waals surface area contributed by atoms with Crippen LogP contribution in [0, 0.1) is 0 Å². The molecule has 0 atom stereocenters. The number of thiazole rings is 1. The molecule has 3 heterocycles. The Bertz CT molecular complexity index is 1260. The molecule has 6 nitrogen and oxygen atoms in total. The van der Waals surface area contributed by atoms with Crippen molar-refractivity contribution in [2.75, 3.05) is 17.2 Å². The second kappa shape index (κ2) is 9.44. The quantitative estimate of drug-likeness (QED) is 0.317. The molecule has 0 bridgehead atoms. The highest BCUT2D eigenvalue weighted by molar-refractivity contribution is 8.00. The van der Waals surface area contributed by atoms with Crippen molar-refractivity contribution in [2.24, 2.45) is 0 Å². The van der Waals surface area contributed by atoms with Crippen molar-refractivity contribution in [3.63, 3.8) is 0 Å². The zero-order chi connectivity index (χ0) is 21.9. The summed E-state index contributed by atoms with van der Waals surface area (Å²) in [5.74, 6) is 0.235. The number of halogens is 1. The summed E-state index contributed by atoms with van der Waals surface area (Å²) in [5.41, 5.74) is 4.44. The third kappa shape index (κ3) is 4.72. The van der Waals surface area contributed by atoms with Gasteiger partial charge in [-0.1, -0.05) is 71.1 Å². The molecule has 0 saturated heterocycles. The predicted octanol–water partition coefficient (Wildman–Crippen LogP) is 4.71. The van der Waals surface area contributed by atoms with E-state index in [-0.39, 0.29) is 11.7 Å². The second-order valence-electron chi connectivity index (χ2n) is 7.46. The van der Waals surface area contributed by atoms with Crippen LogP contribution in [0.5, 0.6) is 0 Å². The van der Waals surface area contributed by atoms with Gasteiger partial charge in [0, 0.05) is 24.7 Å². The highest BCUT2D eigenvalue weighted by Crippen LogP contribution is 2.35. The van der Waals surface area contributed by atoms with Crippen LogP contribution in [0.25, 0.3) is 10.3 Å². The SMILES string of the molecule is O=C(CSc1ncnc2nc(N3CCc4ccccc4C3)sc12)NCc1ccc(Cl)cc1. The van der Waals surface area contributed by atoms with Gasteiger partial charge in [0.25, 0.3) is 0 Å². The number of hydrogen-bond donors (Lipinski definition) is 1. The van der Waals surface area contributed by atoms with Gasteiger partial charge in [0.1, 0.15) is 16.1 Å². The third-order valence-electron chi connectivity index (χ3n) is 5.29. The van der Waals surface area contributed by atoms with E-state index < -0.39 is 0 Å². The molecule has 5 rings (SSSR count). The Morgan fingerprint density at radius 3 is 2.78 bits per heavy atom. The first-order valence-corrected chi connectivity index (χ1v) is 12.4. The number of thioether (sulfide) groups is 1. The highest BCUT2D eigenvalue weighted by atomic mass is 35.5. The topological polar surface area (TPSA) is 71.0 Å². The van der Waals surface area contributed by atoms with Crippen LogP contribution in [-0.4, -0.2) is 33.2 Å².